The number of allylic oxidation sites excluding steroid dienone is 2. The summed E-state index contributed by atoms with van der Waals surface area (Å²) in [6, 6.07) is 0. The molecule has 1 rings (SSSR count). The standard InChI is InChI=1S/C18H26O5/c1-8-10-11-13(21-16(20)17(3,4)5)15-14(12(19)9-2)22-18(6,7)23-15/h8-11,13-15H,1-2H2,3-7H3/b11-10+/t13-,14+,15+/m1/s1. The van der Waals surface area contributed by atoms with Crippen LogP contribution in [0.1, 0.15) is 34.6 Å². The molecule has 128 valence electrons. The molecule has 23 heavy (non-hydrogen) atoms. The van der Waals surface area contributed by atoms with E-state index >= 15 is 0 Å². The van der Waals surface area contributed by atoms with Crippen molar-refractivity contribution in [1.82, 2.24) is 0 Å². The molecule has 0 spiro atoms. The van der Waals surface area contributed by atoms with E-state index in [9.17, 15) is 9.59 Å². The first-order valence-corrected chi connectivity index (χ1v) is 7.54. The first kappa shape index (κ1) is 19.3. The van der Waals surface area contributed by atoms with Gasteiger partial charge in [-0.1, -0.05) is 25.3 Å². The van der Waals surface area contributed by atoms with Crippen molar-refractivity contribution in [2.24, 2.45) is 5.41 Å². The molecule has 0 aliphatic carbocycles. The number of ketones is 1. The number of rotatable bonds is 6. The molecule has 1 aliphatic rings. The van der Waals surface area contributed by atoms with Crippen molar-refractivity contribution >= 4 is 11.8 Å². The highest BCUT2D eigenvalue weighted by atomic mass is 16.8. The van der Waals surface area contributed by atoms with E-state index in [0.29, 0.717) is 0 Å². The number of carbonyl (C=O) groups is 2. The van der Waals surface area contributed by atoms with Crippen molar-refractivity contribution in [1.29, 1.82) is 0 Å². The predicted octanol–water partition coefficient (Wildman–Crippen LogP) is 2.96. The number of ether oxygens (including phenoxy) is 3. The SMILES string of the molecule is C=C/C=C/[C@@H](OC(=O)C(C)(C)C)[C@@H]1OC(C)(C)O[C@H]1C(=O)C=C. The van der Waals surface area contributed by atoms with Gasteiger partial charge in [-0.05, 0) is 46.8 Å². The van der Waals surface area contributed by atoms with Gasteiger partial charge in [0, 0.05) is 0 Å². The van der Waals surface area contributed by atoms with E-state index < -0.39 is 35.5 Å². The van der Waals surface area contributed by atoms with Crippen LogP contribution in [-0.4, -0.2) is 35.9 Å². The number of esters is 1. The third kappa shape index (κ3) is 5.15. The van der Waals surface area contributed by atoms with Crippen LogP contribution in [0, 0.1) is 5.41 Å². The van der Waals surface area contributed by atoms with Gasteiger partial charge in [0.05, 0.1) is 5.41 Å². The second kappa shape index (κ2) is 7.23. The molecule has 0 saturated carbocycles. The smallest absolute Gasteiger partial charge is 0.311 e. The van der Waals surface area contributed by atoms with Crippen LogP contribution in [0.2, 0.25) is 0 Å². The Hall–Kier alpha value is -1.72. The van der Waals surface area contributed by atoms with Gasteiger partial charge in [-0.15, -0.1) is 0 Å². The molecule has 0 unspecified atom stereocenters. The summed E-state index contributed by atoms with van der Waals surface area (Å²) in [5.74, 6) is -1.67. The lowest BCUT2D eigenvalue weighted by atomic mass is 9.96. The Labute approximate surface area is 138 Å². The zero-order chi connectivity index (χ0) is 17.8. The number of hydrogen-bond acceptors (Lipinski definition) is 5. The molecule has 0 N–H and O–H groups in total. The van der Waals surface area contributed by atoms with E-state index in [2.05, 4.69) is 13.2 Å². The van der Waals surface area contributed by atoms with Crippen LogP contribution in [0.25, 0.3) is 0 Å². The van der Waals surface area contributed by atoms with Gasteiger partial charge in [-0.2, -0.15) is 0 Å². The van der Waals surface area contributed by atoms with E-state index in [-0.39, 0.29) is 5.78 Å². The summed E-state index contributed by atoms with van der Waals surface area (Å²) in [5, 5.41) is 0. The van der Waals surface area contributed by atoms with E-state index in [1.54, 1.807) is 52.8 Å². The Morgan fingerprint density at radius 2 is 1.83 bits per heavy atom. The molecule has 1 saturated heterocycles. The quantitative estimate of drug-likeness (QED) is 0.427. The second-order valence-corrected chi connectivity index (χ2v) is 6.87. The van der Waals surface area contributed by atoms with Crippen molar-refractivity contribution < 1.29 is 23.8 Å². The van der Waals surface area contributed by atoms with Crippen LogP contribution in [0.3, 0.4) is 0 Å². The van der Waals surface area contributed by atoms with Crippen molar-refractivity contribution in [3.05, 3.63) is 37.5 Å². The Bertz CT molecular complexity index is 510. The van der Waals surface area contributed by atoms with Gasteiger partial charge >= 0.3 is 5.97 Å². The van der Waals surface area contributed by atoms with Gasteiger partial charge in [-0.3, -0.25) is 9.59 Å². The van der Waals surface area contributed by atoms with Gasteiger partial charge in [-0.25, -0.2) is 0 Å². The van der Waals surface area contributed by atoms with Crippen LogP contribution in [0.5, 0.6) is 0 Å². The van der Waals surface area contributed by atoms with Gasteiger partial charge < -0.3 is 14.2 Å². The molecule has 5 heteroatoms. The lowest BCUT2D eigenvalue weighted by Crippen LogP contribution is -2.42. The zero-order valence-corrected chi connectivity index (χ0v) is 14.5. The number of hydrogen-bond donors (Lipinski definition) is 0. The van der Waals surface area contributed by atoms with Crippen molar-refractivity contribution in [3.8, 4) is 0 Å². The van der Waals surface area contributed by atoms with Crippen LogP contribution in [-0.2, 0) is 23.8 Å². The highest BCUT2D eigenvalue weighted by Gasteiger charge is 2.48. The summed E-state index contributed by atoms with van der Waals surface area (Å²) in [6.45, 7) is 15.8. The molecule has 5 nitrogen and oxygen atoms in total. The maximum Gasteiger partial charge on any atom is 0.311 e. The lowest BCUT2D eigenvalue weighted by molar-refractivity contribution is -0.172. The monoisotopic (exact) mass is 322 g/mol. The van der Waals surface area contributed by atoms with Gasteiger partial charge in [0.25, 0.3) is 0 Å². The van der Waals surface area contributed by atoms with Gasteiger partial charge in [0.2, 0.25) is 0 Å². The largest absolute Gasteiger partial charge is 0.455 e. The molecular formula is C18H26O5. The normalized spacial score (nSPS) is 25.1. The zero-order valence-electron chi connectivity index (χ0n) is 14.5. The lowest BCUT2D eigenvalue weighted by Gasteiger charge is -2.26. The predicted molar refractivity (Wildman–Crippen MR) is 87.7 cm³/mol. The van der Waals surface area contributed by atoms with Crippen LogP contribution in [0.15, 0.2) is 37.5 Å². The Balaban J connectivity index is 3.10. The molecule has 1 fully saturated rings. The summed E-state index contributed by atoms with van der Waals surface area (Å²) < 4.78 is 17.0. The van der Waals surface area contributed by atoms with Crippen LogP contribution < -0.4 is 0 Å². The summed E-state index contributed by atoms with van der Waals surface area (Å²) in [6.07, 6.45) is 3.62. The fraction of sp³-hybridized carbons (Fsp3) is 0.556. The Morgan fingerprint density at radius 3 is 2.30 bits per heavy atom. The second-order valence-electron chi connectivity index (χ2n) is 6.87. The fourth-order valence-electron chi connectivity index (χ4n) is 2.07. The molecule has 0 aromatic carbocycles. The van der Waals surface area contributed by atoms with Crippen LogP contribution >= 0.6 is 0 Å². The topological polar surface area (TPSA) is 61.8 Å². The third-order valence-electron chi connectivity index (χ3n) is 3.23. The highest BCUT2D eigenvalue weighted by molar-refractivity contribution is 5.94. The molecule has 1 heterocycles. The Kier molecular flexibility index (Phi) is 6.08. The van der Waals surface area contributed by atoms with Gasteiger partial charge in [0.15, 0.2) is 17.7 Å². The average molecular weight is 322 g/mol. The highest BCUT2D eigenvalue weighted by Crippen LogP contribution is 2.33. The maximum absolute atomic E-state index is 12.2. The summed E-state index contributed by atoms with van der Waals surface area (Å²) >= 11 is 0. The van der Waals surface area contributed by atoms with Crippen LogP contribution in [0.4, 0.5) is 0 Å². The fourth-order valence-corrected chi connectivity index (χ4v) is 2.07. The van der Waals surface area contributed by atoms with E-state index in [1.165, 1.54) is 6.08 Å². The van der Waals surface area contributed by atoms with Gasteiger partial charge in [0.1, 0.15) is 12.2 Å². The summed E-state index contributed by atoms with van der Waals surface area (Å²) in [7, 11) is 0. The van der Waals surface area contributed by atoms with Crippen molar-refractivity contribution in [3.63, 3.8) is 0 Å². The van der Waals surface area contributed by atoms with Crippen molar-refractivity contribution in [2.75, 3.05) is 0 Å². The minimum atomic E-state index is -0.956. The molecule has 3 atom stereocenters. The molecule has 0 bridgehead atoms. The summed E-state index contributed by atoms with van der Waals surface area (Å²) in [4.78, 5) is 24.3. The molecule has 0 aromatic rings. The minimum Gasteiger partial charge on any atom is -0.455 e. The first-order valence-electron chi connectivity index (χ1n) is 7.54. The molecular weight excluding hydrogens is 296 g/mol. The summed E-state index contributed by atoms with van der Waals surface area (Å²) in [5.41, 5.74) is -0.673. The van der Waals surface area contributed by atoms with E-state index in [4.69, 9.17) is 14.2 Å². The Morgan fingerprint density at radius 1 is 1.22 bits per heavy atom. The third-order valence-corrected chi connectivity index (χ3v) is 3.23. The molecule has 0 radical (unpaired) electrons. The average Bonchev–Trinajstić information content (AvgIpc) is 2.77. The molecule has 0 aromatic heterocycles. The maximum atomic E-state index is 12.2. The molecule has 1 aliphatic heterocycles. The van der Waals surface area contributed by atoms with Crippen molar-refractivity contribution in [2.45, 2.75) is 58.7 Å². The van der Waals surface area contributed by atoms with E-state index in [0.717, 1.165) is 0 Å². The minimum absolute atomic E-state index is 0.315. The first-order chi connectivity index (χ1) is 10.5. The number of carbonyl (C=O) groups excluding carboxylic acids is 2. The molecule has 0 amide bonds. The van der Waals surface area contributed by atoms with E-state index in [1.807, 2.05) is 0 Å².